The zero-order valence-electron chi connectivity index (χ0n) is 18.6. The smallest absolute Gasteiger partial charge is 0.268 e. The molecule has 1 aromatic heterocycles. The second-order valence-electron chi connectivity index (χ2n) is 7.67. The average Bonchev–Trinajstić information content (AvgIpc) is 3.42. The van der Waals surface area contributed by atoms with E-state index in [0.29, 0.717) is 53.6 Å². The van der Waals surface area contributed by atoms with E-state index in [1.807, 2.05) is 17.5 Å². The quantitative estimate of drug-likeness (QED) is 0.579. The zero-order chi connectivity index (χ0) is 23.4. The van der Waals surface area contributed by atoms with E-state index in [9.17, 15) is 14.4 Å². The number of hydrogen-bond acceptors (Lipinski definition) is 5. The largest absolute Gasteiger partial charge is 0.497 e. The number of thiophene rings is 1. The van der Waals surface area contributed by atoms with Gasteiger partial charge in [0.2, 0.25) is 0 Å². The Morgan fingerprint density at radius 1 is 0.848 bits per heavy atom. The van der Waals surface area contributed by atoms with Crippen molar-refractivity contribution in [2.75, 3.05) is 45.2 Å². The molecular formula is C25H25N3O4S. The monoisotopic (exact) mass is 463 g/mol. The third kappa shape index (κ3) is 4.75. The third-order valence-electron chi connectivity index (χ3n) is 5.72. The lowest BCUT2D eigenvalue weighted by atomic mass is 10.1. The van der Waals surface area contributed by atoms with Gasteiger partial charge in [0.1, 0.15) is 5.75 Å². The molecule has 0 unspecified atom stereocenters. The summed E-state index contributed by atoms with van der Waals surface area (Å²) >= 11 is 1.37. The first kappa shape index (κ1) is 22.5. The van der Waals surface area contributed by atoms with Gasteiger partial charge in [0.15, 0.2) is 0 Å². The van der Waals surface area contributed by atoms with E-state index in [2.05, 4.69) is 0 Å². The molecule has 4 rings (SSSR count). The van der Waals surface area contributed by atoms with Gasteiger partial charge in [-0.1, -0.05) is 18.2 Å². The number of rotatable bonds is 5. The molecule has 2 heterocycles. The highest BCUT2D eigenvalue weighted by molar-refractivity contribution is 7.12. The summed E-state index contributed by atoms with van der Waals surface area (Å²) in [7, 11) is 3.26. The predicted octanol–water partition coefficient (Wildman–Crippen LogP) is 3.63. The normalized spacial score (nSPS) is 13.5. The Kier molecular flexibility index (Phi) is 6.74. The summed E-state index contributed by atoms with van der Waals surface area (Å²) in [5.41, 5.74) is 1.63. The Balaban J connectivity index is 1.44. The number of para-hydroxylation sites is 1. The highest BCUT2D eigenvalue weighted by atomic mass is 32.1. The minimum Gasteiger partial charge on any atom is -0.497 e. The van der Waals surface area contributed by atoms with E-state index in [0.717, 1.165) is 0 Å². The molecule has 1 aliphatic rings. The summed E-state index contributed by atoms with van der Waals surface area (Å²) in [4.78, 5) is 44.6. The Morgan fingerprint density at radius 3 is 2.09 bits per heavy atom. The minimum atomic E-state index is -0.153. The van der Waals surface area contributed by atoms with Crippen molar-refractivity contribution in [2.24, 2.45) is 0 Å². The number of piperazine rings is 1. The number of benzene rings is 2. The molecule has 0 atom stereocenters. The van der Waals surface area contributed by atoms with Crippen molar-refractivity contribution in [1.29, 1.82) is 0 Å². The standard InChI is InChI=1S/C25H25N3O4S/c1-26(25(31)22-8-5-17-33-22)21-7-4-3-6-20(21)24(30)28-15-13-27(14-16-28)23(29)18-9-11-19(32-2)12-10-18/h3-12,17H,13-16H2,1-2H3. The predicted molar refractivity (Wildman–Crippen MR) is 128 cm³/mol. The molecule has 1 aliphatic heterocycles. The van der Waals surface area contributed by atoms with Crippen molar-refractivity contribution >= 4 is 34.7 Å². The van der Waals surface area contributed by atoms with Gasteiger partial charge in [0.05, 0.1) is 23.2 Å². The van der Waals surface area contributed by atoms with Crippen LogP contribution in [0.2, 0.25) is 0 Å². The molecule has 7 nitrogen and oxygen atoms in total. The number of nitrogens with zero attached hydrogens (tertiary/aromatic N) is 3. The first-order chi connectivity index (χ1) is 16.0. The van der Waals surface area contributed by atoms with Gasteiger partial charge < -0.3 is 19.4 Å². The number of amides is 3. The number of hydrogen-bond donors (Lipinski definition) is 0. The van der Waals surface area contributed by atoms with Crippen LogP contribution in [0.4, 0.5) is 5.69 Å². The molecule has 170 valence electrons. The van der Waals surface area contributed by atoms with Crippen LogP contribution >= 0.6 is 11.3 Å². The van der Waals surface area contributed by atoms with Crippen LogP contribution in [0.5, 0.6) is 5.75 Å². The van der Waals surface area contributed by atoms with Crippen molar-refractivity contribution in [2.45, 2.75) is 0 Å². The summed E-state index contributed by atoms with van der Waals surface area (Å²) in [6, 6.07) is 17.7. The summed E-state index contributed by atoms with van der Waals surface area (Å²) in [5.74, 6) is 0.336. The van der Waals surface area contributed by atoms with E-state index in [-0.39, 0.29) is 17.7 Å². The first-order valence-corrected chi connectivity index (χ1v) is 11.5. The summed E-state index contributed by atoms with van der Waals surface area (Å²) < 4.78 is 5.15. The van der Waals surface area contributed by atoms with Gasteiger partial charge >= 0.3 is 0 Å². The lowest BCUT2D eigenvalue weighted by Gasteiger charge is -2.35. The van der Waals surface area contributed by atoms with Gasteiger partial charge in [-0.05, 0) is 47.8 Å². The van der Waals surface area contributed by atoms with E-state index >= 15 is 0 Å². The molecule has 8 heteroatoms. The van der Waals surface area contributed by atoms with Gasteiger partial charge in [0.25, 0.3) is 17.7 Å². The van der Waals surface area contributed by atoms with Crippen molar-refractivity contribution in [3.63, 3.8) is 0 Å². The minimum absolute atomic E-state index is 0.0635. The molecule has 0 spiro atoms. The first-order valence-electron chi connectivity index (χ1n) is 10.6. The second-order valence-corrected chi connectivity index (χ2v) is 8.62. The van der Waals surface area contributed by atoms with Gasteiger partial charge in [-0.25, -0.2) is 0 Å². The molecule has 0 saturated carbocycles. The van der Waals surface area contributed by atoms with Crippen LogP contribution in [-0.2, 0) is 0 Å². The number of carbonyl (C=O) groups is 3. The van der Waals surface area contributed by atoms with Gasteiger partial charge in [-0.3, -0.25) is 14.4 Å². The van der Waals surface area contributed by atoms with Crippen molar-refractivity contribution in [1.82, 2.24) is 9.80 Å². The van der Waals surface area contributed by atoms with Gasteiger partial charge in [-0.15, -0.1) is 11.3 Å². The zero-order valence-corrected chi connectivity index (χ0v) is 19.4. The Hall–Kier alpha value is -3.65. The van der Waals surface area contributed by atoms with Crippen LogP contribution in [0.15, 0.2) is 66.0 Å². The number of anilines is 1. The number of carbonyl (C=O) groups excluding carboxylic acids is 3. The maximum atomic E-state index is 13.3. The van der Waals surface area contributed by atoms with Crippen LogP contribution in [-0.4, -0.2) is 67.9 Å². The lowest BCUT2D eigenvalue weighted by molar-refractivity contribution is 0.0535. The summed E-state index contributed by atoms with van der Waals surface area (Å²) in [5, 5.41) is 1.85. The fraction of sp³-hybridized carbons (Fsp3) is 0.240. The second kappa shape index (κ2) is 9.87. The summed E-state index contributed by atoms with van der Waals surface area (Å²) in [6.07, 6.45) is 0. The third-order valence-corrected chi connectivity index (χ3v) is 6.58. The molecular weight excluding hydrogens is 438 g/mol. The molecule has 0 N–H and O–H groups in total. The van der Waals surface area contributed by atoms with Crippen LogP contribution < -0.4 is 9.64 Å². The highest BCUT2D eigenvalue weighted by Gasteiger charge is 2.28. The van der Waals surface area contributed by atoms with Gasteiger partial charge in [-0.2, -0.15) is 0 Å². The van der Waals surface area contributed by atoms with E-state index < -0.39 is 0 Å². The molecule has 0 aliphatic carbocycles. The van der Waals surface area contributed by atoms with Crippen LogP contribution in [0.1, 0.15) is 30.4 Å². The van der Waals surface area contributed by atoms with Crippen LogP contribution in [0.25, 0.3) is 0 Å². The van der Waals surface area contributed by atoms with Crippen molar-refractivity contribution in [3.8, 4) is 5.75 Å². The maximum Gasteiger partial charge on any atom is 0.268 e. The fourth-order valence-corrected chi connectivity index (χ4v) is 4.52. The molecule has 3 amide bonds. The molecule has 2 aromatic carbocycles. The van der Waals surface area contributed by atoms with Crippen molar-refractivity contribution in [3.05, 3.63) is 82.0 Å². The molecule has 3 aromatic rings. The Labute approximate surface area is 196 Å². The summed E-state index contributed by atoms with van der Waals surface area (Å²) in [6.45, 7) is 1.75. The Bertz CT molecular complexity index is 1140. The molecule has 0 bridgehead atoms. The highest BCUT2D eigenvalue weighted by Crippen LogP contribution is 2.24. The topological polar surface area (TPSA) is 70.2 Å². The molecule has 1 saturated heterocycles. The van der Waals surface area contributed by atoms with Crippen LogP contribution in [0.3, 0.4) is 0 Å². The molecule has 33 heavy (non-hydrogen) atoms. The van der Waals surface area contributed by atoms with Gasteiger partial charge in [0, 0.05) is 38.8 Å². The molecule has 1 fully saturated rings. The van der Waals surface area contributed by atoms with Crippen LogP contribution in [0, 0.1) is 0 Å². The number of ether oxygens (including phenoxy) is 1. The average molecular weight is 464 g/mol. The van der Waals surface area contributed by atoms with E-state index in [4.69, 9.17) is 4.74 Å². The number of methoxy groups -OCH3 is 1. The lowest BCUT2D eigenvalue weighted by Crippen LogP contribution is -2.50. The molecule has 0 radical (unpaired) electrons. The SMILES string of the molecule is COc1ccc(C(=O)N2CCN(C(=O)c3ccccc3N(C)C(=O)c3cccs3)CC2)cc1. The van der Waals surface area contributed by atoms with E-state index in [1.165, 1.54) is 16.2 Å². The van der Waals surface area contributed by atoms with E-state index in [1.54, 1.807) is 72.5 Å². The maximum absolute atomic E-state index is 13.3. The fourth-order valence-electron chi connectivity index (χ4n) is 3.82. The van der Waals surface area contributed by atoms with Crippen molar-refractivity contribution < 1.29 is 19.1 Å². The Morgan fingerprint density at radius 2 is 1.48 bits per heavy atom.